The van der Waals surface area contributed by atoms with Crippen LogP contribution in [0.3, 0.4) is 0 Å². The number of aliphatic hydroxyl groups is 2. The minimum Gasteiger partial charge on any atom is -0.393 e. The fourth-order valence-electron chi connectivity index (χ4n) is 11.4. The van der Waals surface area contributed by atoms with Crippen molar-refractivity contribution in [1.82, 2.24) is 0 Å². The Morgan fingerprint density at radius 1 is 0.844 bits per heavy atom. The normalized spacial score (nSPS) is 56.8. The molecular formula is C30H50O2. The van der Waals surface area contributed by atoms with Gasteiger partial charge in [-0.2, -0.15) is 0 Å². The van der Waals surface area contributed by atoms with Crippen LogP contribution < -0.4 is 0 Å². The Morgan fingerprint density at radius 3 is 2.25 bits per heavy atom. The van der Waals surface area contributed by atoms with Crippen molar-refractivity contribution in [2.24, 2.45) is 56.7 Å². The second-order valence-corrected chi connectivity index (χ2v) is 14.7. The highest BCUT2D eigenvalue weighted by atomic mass is 16.3. The third-order valence-electron chi connectivity index (χ3n) is 13.5. The Bertz CT molecular complexity index is 799. The van der Waals surface area contributed by atoms with Gasteiger partial charge >= 0.3 is 0 Å². The van der Waals surface area contributed by atoms with E-state index in [0.29, 0.717) is 39.4 Å². The van der Waals surface area contributed by atoms with E-state index >= 15 is 0 Å². The fourth-order valence-corrected chi connectivity index (χ4v) is 11.4. The van der Waals surface area contributed by atoms with Crippen LogP contribution >= 0.6 is 0 Å². The molecule has 0 unspecified atom stereocenters. The van der Waals surface area contributed by atoms with Crippen molar-refractivity contribution in [1.29, 1.82) is 0 Å². The van der Waals surface area contributed by atoms with Crippen LogP contribution in [0.4, 0.5) is 0 Å². The smallest absolute Gasteiger partial charge is 0.0644 e. The third kappa shape index (κ3) is 2.72. The first kappa shape index (κ1) is 23.4. The Hall–Kier alpha value is -0.340. The van der Waals surface area contributed by atoms with Gasteiger partial charge in [0.15, 0.2) is 0 Å². The summed E-state index contributed by atoms with van der Waals surface area (Å²) in [6.07, 6.45) is 13.7. The van der Waals surface area contributed by atoms with Gasteiger partial charge in [-0.1, -0.05) is 54.5 Å². The lowest BCUT2D eigenvalue weighted by atomic mass is 9.31. The topological polar surface area (TPSA) is 40.5 Å². The number of aliphatic hydroxyl groups excluding tert-OH is 2. The molecule has 0 aliphatic heterocycles. The van der Waals surface area contributed by atoms with E-state index in [0.717, 1.165) is 24.7 Å². The first-order valence-electron chi connectivity index (χ1n) is 13.8. The van der Waals surface area contributed by atoms with E-state index in [1.807, 2.05) is 0 Å². The summed E-state index contributed by atoms with van der Waals surface area (Å²) in [5.74, 6) is 3.41. The highest BCUT2D eigenvalue weighted by Crippen LogP contribution is 2.76. The van der Waals surface area contributed by atoms with Crippen LogP contribution in [-0.2, 0) is 0 Å². The predicted molar refractivity (Wildman–Crippen MR) is 132 cm³/mol. The minimum absolute atomic E-state index is 0.0376. The second-order valence-electron chi connectivity index (χ2n) is 14.7. The van der Waals surface area contributed by atoms with Crippen LogP contribution in [0.25, 0.3) is 0 Å². The fraction of sp³-hybridized carbons (Fsp3) is 0.933. The van der Waals surface area contributed by atoms with Gasteiger partial charge in [0, 0.05) is 0 Å². The quantitative estimate of drug-likeness (QED) is 0.429. The number of fused-ring (bicyclic) bond motifs is 7. The standard InChI is InChI=1S/C30H50O2/c1-19-20(18-31)10-13-27(4)16-17-29(6)21(25(19)27)8-9-23-28(5)14-12-24(32)26(2,3)22(28)11-15-30(23,29)7/h10,19,21-25,31-32H,8-9,11-18H2,1-7H3/t19-,21-,22+,23-,24+,25+,27-,28+,29-,30-/m1/s1. The van der Waals surface area contributed by atoms with E-state index in [9.17, 15) is 10.2 Å². The minimum atomic E-state index is -0.140. The molecule has 2 heteroatoms. The maximum Gasteiger partial charge on any atom is 0.0644 e. The van der Waals surface area contributed by atoms with Crippen LogP contribution in [-0.4, -0.2) is 22.9 Å². The molecule has 5 aliphatic rings. The van der Waals surface area contributed by atoms with Crippen molar-refractivity contribution in [3.63, 3.8) is 0 Å². The molecule has 0 amide bonds. The van der Waals surface area contributed by atoms with E-state index in [1.165, 1.54) is 50.5 Å². The molecule has 4 fully saturated rings. The number of hydrogen-bond donors (Lipinski definition) is 2. The van der Waals surface area contributed by atoms with Crippen molar-refractivity contribution in [2.45, 2.75) is 112 Å². The van der Waals surface area contributed by atoms with E-state index in [1.54, 1.807) is 0 Å². The molecule has 5 aliphatic carbocycles. The Morgan fingerprint density at radius 2 is 1.56 bits per heavy atom. The Balaban J connectivity index is 1.54. The maximum atomic E-state index is 10.9. The lowest BCUT2D eigenvalue weighted by Gasteiger charge is -2.73. The second kappa shape index (κ2) is 7.09. The SMILES string of the molecule is C[C@@H]1C(CO)=CC[C@]2(C)CC[C@]3(C)[C@H](CC[C@@H]4[C@@]5(C)CC[C@H](O)C(C)(C)[C@@H]5CC[C@]43C)[C@H]12. The van der Waals surface area contributed by atoms with Crippen LogP contribution in [0.1, 0.15) is 106 Å². The number of hydrogen-bond acceptors (Lipinski definition) is 2. The predicted octanol–water partition coefficient (Wildman–Crippen LogP) is 7.00. The van der Waals surface area contributed by atoms with Gasteiger partial charge in [-0.3, -0.25) is 0 Å². The molecule has 5 rings (SSSR count). The van der Waals surface area contributed by atoms with Gasteiger partial charge in [-0.05, 0) is 120 Å². The molecule has 0 aromatic carbocycles. The number of allylic oxidation sites excluding steroid dienone is 1. The van der Waals surface area contributed by atoms with Crippen LogP contribution in [0.5, 0.6) is 0 Å². The van der Waals surface area contributed by atoms with Crippen molar-refractivity contribution in [2.75, 3.05) is 6.61 Å². The highest BCUT2D eigenvalue weighted by molar-refractivity contribution is 5.23. The summed E-state index contributed by atoms with van der Waals surface area (Å²) < 4.78 is 0. The Labute approximate surface area is 197 Å². The molecule has 0 aromatic rings. The average Bonchev–Trinajstić information content (AvgIpc) is 2.72. The molecular weight excluding hydrogens is 392 g/mol. The summed E-state index contributed by atoms with van der Waals surface area (Å²) in [5.41, 5.74) is 2.89. The van der Waals surface area contributed by atoms with Gasteiger partial charge in [-0.25, -0.2) is 0 Å². The molecule has 182 valence electrons. The van der Waals surface area contributed by atoms with Gasteiger partial charge in [0.2, 0.25) is 0 Å². The zero-order chi connectivity index (χ0) is 23.3. The van der Waals surface area contributed by atoms with Crippen LogP contribution in [0, 0.1) is 56.7 Å². The first-order valence-corrected chi connectivity index (χ1v) is 13.8. The molecule has 0 saturated heterocycles. The maximum absolute atomic E-state index is 10.9. The molecule has 4 saturated carbocycles. The summed E-state index contributed by atoms with van der Waals surface area (Å²) in [5, 5.41) is 21.0. The van der Waals surface area contributed by atoms with Gasteiger partial charge in [-0.15, -0.1) is 0 Å². The highest BCUT2D eigenvalue weighted by Gasteiger charge is 2.69. The van der Waals surface area contributed by atoms with Gasteiger partial charge < -0.3 is 10.2 Å². The molecule has 0 radical (unpaired) electrons. The van der Waals surface area contributed by atoms with Crippen molar-refractivity contribution >= 4 is 0 Å². The molecule has 0 heterocycles. The third-order valence-corrected chi connectivity index (χ3v) is 13.5. The molecule has 10 atom stereocenters. The zero-order valence-corrected chi connectivity index (χ0v) is 22.0. The molecule has 0 bridgehead atoms. The van der Waals surface area contributed by atoms with Gasteiger partial charge in [0.1, 0.15) is 0 Å². The lowest BCUT2D eigenvalue weighted by molar-refractivity contribution is -0.250. The van der Waals surface area contributed by atoms with Gasteiger partial charge in [0.25, 0.3) is 0 Å². The zero-order valence-electron chi connectivity index (χ0n) is 22.0. The van der Waals surface area contributed by atoms with Crippen molar-refractivity contribution in [3.05, 3.63) is 11.6 Å². The summed E-state index contributed by atoms with van der Waals surface area (Å²) in [6, 6.07) is 0. The largest absolute Gasteiger partial charge is 0.393 e. The van der Waals surface area contributed by atoms with Crippen LogP contribution in [0.2, 0.25) is 0 Å². The van der Waals surface area contributed by atoms with E-state index in [2.05, 4.69) is 54.5 Å². The van der Waals surface area contributed by atoms with Crippen molar-refractivity contribution in [3.8, 4) is 0 Å². The summed E-state index contributed by atoms with van der Waals surface area (Å²) >= 11 is 0. The summed E-state index contributed by atoms with van der Waals surface area (Å²) in [4.78, 5) is 0. The molecule has 2 N–H and O–H groups in total. The monoisotopic (exact) mass is 442 g/mol. The number of rotatable bonds is 1. The van der Waals surface area contributed by atoms with E-state index in [4.69, 9.17) is 0 Å². The molecule has 0 aromatic heterocycles. The summed E-state index contributed by atoms with van der Waals surface area (Å²) in [6.45, 7) is 18.0. The van der Waals surface area contributed by atoms with E-state index < -0.39 is 0 Å². The van der Waals surface area contributed by atoms with E-state index in [-0.39, 0.29) is 18.1 Å². The first-order chi connectivity index (χ1) is 14.8. The molecule has 32 heavy (non-hydrogen) atoms. The Kier molecular flexibility index (Phi) is 5.19. The van der Waals surface area contributed by atoms with Crippen molar-refractivity contribution < 1.29 is 10.2 Å². The molecule has 2 nitrogen and oxygen atoms in total. The summed E-state index contributed by atoms with van der Waals surface area (Å²) in [7, 11) is 0. The molecule has 0 spiro atoms. The van der Waals surface area contributed by atoms with Gasteiger partial charge in [0.05, 0.1) is 12.7 Å². The average molecular weight is 443 g/mol. The lowest BCUT2D eigenvalue weighted by Crippen LogP contribution is -2.67. The van der Waals surface area contributed by atoms with Crippen LogP contribution in [0.15, 0.2) is 11.6 Å².